The molecule has 0 aromatic heterocycles. The number of rotatable bonds is 4. The van der Waals surface area contributed by atoms with Crippen LogP contribution in [0.2, 0.25) is 5.02 Å². The lowest BCUT2D eigenvalue weighted by atomic mass is 9.84. The molecule has 6 nitrogen and oxygen atoms in total. The largest absolute Gasteiger partial charge is 0.496 e. The number of hydrogen-bond donors (Lipinski definition) is 1. The van der Waals surface area contributed by atoms with Gasteiger partial charge in [-0.15, -0.1) is 0 Å². The second-order valence-electron chi connectivity index (χ2n) is 7.58. The van der Waals surface area contributed by atoms with Crippen molar-refractivity contribution >= 4 is 23.5 Å². The van der Waals surface area contributed by atoms with Crippen LogP contribution in [0.5, 0.6) is 17.2 Å². The highest BCUT2D eigenvalue weighted by molar-refractivity contribution is 6.32. The predicted octanol–water partition coefficient (Wildman–Crippen LogP) is 3.75. The van der Waals surface area contributed by atoms with Gasteiger partial charge < -0.3 is 24.2 Å². The quantitative estimate of drug-likeness (QED) is 0.746. The first kappa shape index (κ1) is 20.7. The van der Waals surface area contributed by atoms with Crippen LogP contribution in [-0.4, -0.2) is 56.3 Å². The minimum atomic E-state index is -0.606. The normalized spacial score (nSPS) is 22.7. The predicted molar refractivity (Wildman–Crippen MR) is 115 cm³/mol. The number of halogens is 1. The van der Waals surface area contributed by atoms with Crippen molar-refractivity contribution in [2.24, 2.45) is 0 Å². The zero-order chi connectivity index (χ0) is 21.4. The number of methoxy groups -OCH3 is 2. The molecule has 158 valence electrons. The molecule has 1 saturated heterocycles. The number of allylic oxidation sites excluding steroid dienone is 1. The summed E-state index contributed by atoms with van der Waals surface area (Å²) in [5.74, 6) is 0.958. The summed E-state index contributed by atoms with van der Waals surface area (Å²) in [6, 6.07) is 8.93. The van der Waals surface area contributed by atoms with E-state index in [1.807, 2.05) is 25.2 Å². The van der Waals surface area contributed by atoms with E-state index < -0.39 is 6.10 Å². The second kappa shape index (κ2) is 8.30. The van der Waals surface area contributed by atoms with Gasteiger partial charge in [-0.05, 0) is 37.7 Å². The summed E-state index contributed by atoms with van der Waals surface area (Å²) in [6.45, 7) is 1.35. The third-order valence-electron chi connectivity index (χ3n) is 5.70. The van der Waals surface area contributed by atoms with Crippen LogP contribution in [-0.2, 0) is 0 Å². The van der Waals surface area contributed by atoms with E-state index in [-0.39, 0.29) is 17.5 Å². The fraction of sp³-hybridized carbons (Fsp3) is 0.348. The van der Waals surface area contributed by atoms with E-state index in [1.54, 1.807) is 25.3 Å². The third kappa shape index (κ3) is 3.55. The molecule has 0 amide bonds. The maximum Gasteiger partial charge on any atom is 0.235 e. The van der Waals surface area contributed by atoms with E-state index in [0.717, 1.165) is 6.54 Å². The molecule has 4 rings (SSSR count). The number of ether oxygens (including phenoxy) is 3. The van der Waals surface area contributed by atoms with Gasteiger partial charge in [0.15, 0.2) is 5.76 Å². The summed E-state index contributed by atoms with van der Waals surface area (Å²) in [5.41, 5.74) is 1.73. The molecule has 0 radical (unpaired) electrons. The number of ketones is 1. The number of piperidine rings is 1. The molecular weight excluding hydrogens is 406 g/mol. The van der Waals surface area contributed by atoms with Crippen molar-refractivity contribution in [2.75, 3.05) is 34.4 Å². The number of Topliss-reactive ketones (excluding diaryl/α,β-unsaturated/α-hetero) is 1. The Balaban J connectivity index is 1.85. The van der Waals surface area contributed by atoms with Crippen molar-refractivity contribution in [3.8, 4) is 17.2 Å². The van der Waals surface area contributed by atoms with Gasteiger partial charge in [0.05, 0.1) is 20.3 Å². The molecule has 2 atom stereocenters. The lowest BCUT2D eigenvalue weighted by Crippen LogP contribution is -2.40. The number of benzene rings is 2. The zero-order valence-electron chi connectivity index (χ0n) is 17.1. The summed E-state index contributed by atoms with van der Waals surface area (Å²) < 4.78 is 17.2. The molecule has 2 heterocycles. The molecule has 0 saturated carbocycles. The number of likely N-dealkylation sites (tertiary alicyclic amines) is 1. The first-order valence-electron chi connectivity index (χ1n) is 9.78. The number of aliphatic hydroxyl groups excluding tert-OH is 1. The number of β-amino-alcohol motifs (C(OH)–C–C–N with tert-alkyl or cyclic N) is 1. The molecule has 2 aliphatic rings. The van der Waals surface area contributed by atoms with Gasteiger partial charge >= 0.3 is 0 Å². The minimum absolute atomic E-state index is 0.160. The number of hydrogen-bond acceptors (Lipinski definition) is 6. The maximum atomic E-state index is 13.2. The first-order chi connectivity index (χ1) is 14.4. The maximum absolute atomic E-state index is 13.2. The second-order valence-corrected chi connectivity index (χ2v) is 7.99. The molecular formula is C23H24ClNO5. The lowest BCUT2D eigenvalue weighted by molar-refractivity contribution is 0.0621. The van der Waals surface area contributed by atoms with Crippen LogP contribution in [0.25, 0.3) is 6.08 Å². The first-order valence-corrected chi connectivity index (χ1v) is 10.2. The molecule has 2 aromatic rings. The van der Waals surface area contributed by atoms with Gasteiger partial charge in [-0.25, -0.2) is 0 Å². The standard InChI is InChI=1S/C23H24ClNO5/c1-25-9-8-14(16(26)12-25)20-17(28-2)11-18(29-3)21-22(27)19(30-23(20)21)10-13-6-4-5-7-15(13)24/h4-7,10-11,14,16,26H,8-9,12H2,1-3H3. The van der Waals surface area contributed by atoms with Crippen molar-refractivity contribution in [3.05, 3.63) is 57.8 Å². The van der Waals surface area contributed by atoms with Crippen LogP contribution < -0.4 is 14.2 Å². The van der Waals surface area contributed by atoms with Crippen molar-refractivity contribution in [1.82, 2.24) is 4.90 Å². The van der Waals surface area contributed by atoms with E-state index in [2.05, 4.69) is 4.90 Å². The van der Waals surface area contributed by atoms with Crippen molar-refractivity contribution in [3.63, 3.8) is 0 Å². The Morgan fingerprint density at radius 1 is 1.23 bits per heavy atom. The van der Waals surface area contributed by atoms with Gasteiger partial charge in [0.1, 0.15) is 22.8 Å². The summed E-state index contributed by atoms with van der Waals surface area (Å²) in [6.07, 6.45) is 1.74. The summed E-state index contributed by atoms with van der Waals surface area (Å²) in [4.78, 5) is 15.3. The van der Waals surface area contributed by atoms with Crippen molar-refractivity contribution in [2.45, 2.75) is 18.4 Å². The molecule has 0 bridgehead atoms. The van der Waals surface area contributed by atoms with Gasteiger partial charge in [-0.2, -0.15) is 0 Å². The van der Waals surface area contributed by atoms with Crippen LogP contribution in [0.4, 0.5) is 0 Å². The fourth-order valence-electron chi connectivity index (χ4n) is 4.16. The Labute approximate surface area is 180 Å². The van der Waals surface area contributed by atoms with E-state index in [9.17, 15) is 9.90 Å². The number of fused-ring (bicyclic) bond motifs is 1. The average molecular weight is 430 g/mol. The number of nitrogens with zero attached hydrogens (tertiary/aromatic N) is 1. The van der Waals surface area contributed by atoms with Gasteiger partial charge in [0, 0.05) is 29.1 Å². The Hall–Kier alpha value is -2.54. The van der Waals surface area contributed by atoms with E-state index in [1.165, 1.54) is 7.11 Å². The van der Waals surface area contributed by atoms with Crippen LogP contribution in [0.15, 0.2) is 36.1 Å². The van der Waals surface area contributed by atoms with Crippen LogP contribution in [0.3, 0.4) is 0 Å². The highest BCUT2D eigenvalue weighted by atomic mass is 35.5. The number of aliphatic hydroxyl groups is 1. The number of likely N-dealkylation sites (N-methyl/N-ethyl adjacent to an activating group) is 1. The smallest absolute Gasteiger partial charge is 0.235 e. The van der Waals surface area contributed by atoms with Crippen molar-refractivity contribution < 1.29 is 24.1 Å². The van der Waals surface area contributed by atoms with Crippen LogP contribution >= 0.6 is 11.6 Å². The van der Waals surface area contributed by atoms with Gasteiger partial charge in [-0.1, -0.05) is 29.8 Å². The SMILES string of the molecule is COc1cc(OC)c(C2CCN(C)CC2O)c2c1C(=O)C(=Cc1ccccc1Cl)O2. The molecule has 1 fully saturated rings. The molecule has 2 aromatic carbocycles. The molecule has 30 heavy (non-hydrogen) atoms. The Morgan fingerprint density at radius 2 is 1.97 bits per heavy atom. The lowest BCUT2D eigenvalue weighted by Gasteiger charge is -2.35. The van der Waals surface area contributed by atoms with E-state index in [0.29, 0.717) is 51.9 Å². The van der Waals surface area contributed by atoms with E-state index >= 15 is 0 Å². The van der Waals surface area contributed by atoms with Gasteiger partial charge in [-0.3, -0.25) is 4.79 Å². The molecule has 2 unspecified atom stereocenters. The Morgan fingerprint density at radius 3 is 2.63 bits per heavy atom. The minimum Gasteiger partial charge on any atom is -0.496 e. The highest BCUT2D eigenvalue weighted by Gasteiger charge is 2.40. The third-order valence-corrected chi connectivity index (χ3v) is 6.04. The summed E-state index contributed by atoms with van der Waals surface area (Å²) in [5, 5.41) is 11.3. The summed E-state index contributed by atoms with van der Waals surface area (Å²) in [7, 11) is 5.03. The van der Waals surface area contributed by atoms with Crippen LogP contribution in [0.1, 0.15) is 33.8 Å². The highest BCUT2D eigenvalue weighted by Crippen LogP contribution is 2.50. The molecule has 7 heteroatoms. The average Bonchev–Trinajstić information content (AvgIpc) is 3.05. The molecule has 2 aliphatic heterocycles. The summed E-state index contributed by atoms with van der Waals surface area (Å²) >= 11 is 6.26. The van der Waals surface area contributed by atoms with Crippen molar-refractivity contribution in [1.29, 1.82) is 0 Å². The Bertz CT molecular complexity index is 1020. The molecule has 0 spiro atoms. The number of carbonyl (C=O) groups is 1. The van der Waals surface area contributed by atoms with Gasteiger partial charge in [0.2, 0.25) is 5.78 Å². The molecule has 1 N–H and O–H groups in total. The van der Waals surface area contributed by atoms with E-state index in [4.69, 9.17) is 25.8 Å². The van der Waals surface area contributed by atoms with Gasteiger partial charge in [0.25, 0.3) is 0 Å². The Kier molecular flexibility index (Phi) is 5.73. The fourth-order valence-corrected chi connectivity index (χ4v) is 4.35. The number of carbonyl (C=O) groups excluding carboxylic acids is 1. The van der Waals surface area contributed by atoms with Crippen LogP contribution in [0, 0.1) is 0 Å². The monoisotopic (exact) mass is 429 g/mol. The molecule has 0 aliphatic carbocycles. The zero-order valence-corrected chi connectivity index (χ0v) is 17.9. The topological polar surface area (TPSA) is 68.2 Å².